The van der Waals surface area contributed by atoms with Crippen LogP contribution in [0, 0.1) is 11.6 Å². The number of rotatable bonds is 20. The lowest BCUT2D eigenvalue weighted by Crippen LogP contribution is -2.51. The van der Waals surface area contributed by atoms with E-state index in [2.05, 4.69) is 21.3 Å². The van der Waals surface area contributed by atoms with Crippen molar-refractivity contribution in [3.05, 3.63) is 60.2 Å². The molecule has 0 aliphatic carbocycles. The highest BCUT2D eigenvalue weighted by Crippen LogP contribution is 2.14. The normalized spacial score (nSPS) is 12.0. The van der Waals surface area contributed by atoms with Crippen LogP contribution < -0.4 is 26.0 Å². The number of phenols is 1. The molecule has 0 saturated carbocycles. The smallest absolute Gasteiger partial charge is 0.407 e. The van der Waals surface area contributed by atoms with Crippen LogP contribution in [0.5, 0.6) is 11.5 Å². The van der Waals surface area contributed by atoms with Crippen LogP contribution in [0.3, 0.4) is 0 Å². The summed E-state index contributed by atoms with van der Waals surface area (Å²) in [5.74, 6) is -2.00. The zero-order valence-electron chi connectivity index (χ0n) is 38.5. The first-order chi connectivity index (χ1) is 29.0. The van der Waals surface area contributed by atoms with Gasteiger partial charge in [0, 0.05) is 27.3 Å². The minimum atomic E-state index is -1.12. The van der Waals surface area contributed by atoms with E-state index in [0.717, 1.165) is 0 Å². The molecule has 5 N–H and O–H groups in total. The van der Waals surface area contributed by atoms with E-state index in [1.807, 2.05) is 0 Å². The highest BCUT2D eigenvalue weighted by Gasteiger charge is 2.32. The van der Waals surface area contributed by atoms with Crippen molar-refractivity contribution in [2.75, 3.05) is 39.8 Å². The van der Waals surface area contributed by atoms with Crippen LogP contribution in [0.2, 0.25) is 0 Å². The molecule has 2 aromatic carbocycles. The van der Waals surface area contributed by atoms with E-state index in [0.29, 0.717) is 31.6 Å². The molecule has 2 atom stereocenters. The summed E-state index contributed by atoms with van der Waals surface area (Å²) >= 11 is 5.59. The molecule has 0 saturated heterocycles. The quantitative estimate of drug-likeness (QED) is 0.0635. The van der Waals surface area contributed by atoms with Crippen LogP contribution in [0.4, 0.5) is 18.4 Å². The third kappa shape index (κ3) is 29.9. The van der Waals surface area contributed by atoms with Gasteiger partial charge in [-0.25, -0.2) is 18.4 Å². The van der Waals surface area contributed by atoms with Crippen molar-refractivity contribution in [3.8, 4) is 11.5 Å². The number of benzene rings is 2. The van der Waals surface area contributed by atoms with E-state index >= 15 is 0 Å². The van der Waals surface area contributed by atoms with E-state index in [4.69, 9.17) is 40.4 Å². The topological polar surface area (TPSA) is 217 Å². The molecule has 2 rings (SSSR count). The Kier molecular flexibility index (Phi) is 30.6. The second kappa shape index (κ2) is 31.0. The predicted molar refractivity (Wildman–Crippen MR) is 247 cm³/mol. The predicted octanol–water partition coefficient (Wildman–Crippen LogP) is 7.80. The molecule has 0 unspecified atom stereocenters. The minimum Gasteiger partial charge on any atom is -0.508 e. The number of carbonyl (C=O) groups is 6. The minimum absolute atomic E-state index is 0. The summed E-state index contributed by atoms with van der Waals surface area (Å²) in [6.45, 7) is 17.3. The van der Waals surface area contributed by atoms with Crippen LogP contribution in [-0.4, -0.2) is 115 Å². The number of phenolic OH excluding ortho intramolecular Hbond substituents is 1. The van der Waals surface area contributed by atoms with Gasteiger partial charge in [0.05, 0.1) is 18.0 Å². The average molecular weight is 950 g/mol. The van der Waals surface area contributed by atoms with E-state index in [1.165, 1.54) is 62.8 Å². The summed E-state index contributed by atoms with van der Waals surface area (Å²) in [6, 6.07) is 8.72. The second-order valence-corrected chi connectivity index (χ2v) is 17.2. The number of hydrogen-bond acceptors (Lipinski definition) is 12. The molecule has 0 radical (unpaired) electrons. The Balaban J connectivity index is -0.00000100. The molecule has 0 aliphatic heterocycles. The zero-order valence-corrected chi connectivity index (χ0v) is 39.3. The third-order valence-corrected chi connectivity index (χ3v) is 8.59. The Morgan fingerprint density at radius 2 is 0.969 bits per heavy atom. The SMILES string of the molecule is C.C.COC(C)(C)C(=O)N[C@@H](CCCNC(=O)OC(C)(C)C)C(=O)CCl.COC(C)(C)C(=O)N[C@@H](CCCNC(=O)OC(C)(C)C)C(=O)COc1ccc(F)cc1.Oc1ccc(F)cc1. The van der Waals surface area contributed by atoms with Crippen LogP contribution >= 0.6 is 11.6 Å². The number of alkyl halides is 1. The van der Waals surface area contributed by atoms with Crippen LogP contribution in [0.25, 0.3) is 0 Å². The number of Topliss-reactive ketones (excluding diaryl/α,β-unsaturated/α-hetero) is 2. The molecule has 19 heteroatoms. The Bertz CT molecular complexity index is 1710. The van der Waals surface area contributed by atoms with Gasteiger partial charge in [0.1, 0.15) is 52.1 Å². The first kappa shape index (κ1) is 64.2. The molecule has 4 amide bonds. The fourth-order valence-corrected chi connectivity index (χ4v) is 4.60. The van der Waals surface area contributed by atoms with Crippen molar-refractivity contribution in [1.29, 1.82) is 0 Å². The number of nitrogens with one attached hydrogen (secondary N) is 4. The molecule has 0 aromatic heterocycles. The fourth-order valence-electron chi connectivity index (χ4n) is 4.42. The maximum atomic E-state index is 13.0. The van der Waals surface area contributed by atoms with Gasteiger partial charge in [0.15, 0.2) is 11.6 Å². The summed E-state index contributed by atoms with van der Waals surface area (Å²) in [5.41, 5.74) is -3.34. The van der Waals surface area contributed by atoms with Gasteiger partial charge in [-0.1, -0.05) is 14.9 Å². The molecule has 16 nitrogen and oxygen atoms in total. The number of hydrogen-bond donors (Lipinski definition) is 5. The zero-order chi connectivity index (χ0) is 48.6. The summed E-state index contributed by atoms with van der Waals surface area (Å²) in [5, 5.41) is 19.1. The first-order valence-corrected chi connectivity index (χ1v) is 20.7. The standard InChI is InChI=1S/C22H33FN2O6.C16H29ClN2O5.C6H5FO.2CH4/c1-21(2,3)31-20(28)24-13-7-8-17(25-19(27)22(4,5)29-6)18(26)14-30-16-11-9-15(23)10-12-16;1-15(2,3)24-14(22)18-9-7-8-11(12(20)10-17)19-13(21)16(4,5)23-6;7-5-1-3-6(8)4-2-5;;/h9-12,17H,7-8,13-14H2,1-6H3,(H,24,28)(H,25,27);11H,7-10H2,1-6H3,(H,18,22)(H,19,21);1-4,8H;2*1H4/t17-;11-;;;/m00.../s1. The van der Waals surface area contributed by atoms with Crippen molar-refractivity contribution in [2.24, 2.45) is 0 Å². The summed E-state index contributed by atoms with van der Waals surface area (Å²) < 4.78 is 50.9. The second-order valence-electron chi connectivity index (χ2n) is 16.9. The van der Waals surface area contributed by atoms with Crippen molar-refractivity contribution < 1.29 is 66.3 Å². The van der Waals surface area contributed by atoms with E-state index in [9.17, 15) is 37.5 Å². The van der Waals surface area contributed by atoms with Gasteiger partial charge in [-0.15, -0.1) is 11.6 Å². The van der Waals surface area contributed by atoms with Crippen LogP contribution in [0.1, 0.15) is 110 Å². The van der Waals surface area contributed by atoms with Gasteiger partial charge in [0.2, 0.25) is 0 Å². The third-order valence-electron chi connectivity index (χ3n) is 8.33. The van der Waals surface area contributed by atoms with Crippen molar-refractivity contribution in [1.82, 2.24) is 21.3 Å². The number of carbonyl (C=O) groups excluding carboxylic acids is 6. The monoisotopic (exact) mass is 949 g/mol. The van der Waals surface area contributed by atoms with Gasteiger partial charge < -0.3 is 50.1 Å². The van der Waals surface area contributed by atoms with Gasteiger partial charge >= 0.3 is 12.2 Å². The van der Waals surface area contributed by atoms with Gasteiger partial charge in [-0.2, -0.15) is 0 Å². The van der Waals surface area contributed by atoms with E-state index in [1.54, 1.807) is 69.2 Å². The summed E-state index contributed by atoms with van der Waals surface area (Å²) in [4.78, 5) is 72.4. The average Bonchev–Trinajstić information content (AvgIpc) is 3.19. The maximum absolute atomic E-state index is 13.0. The Hall–Kier alpha value is -5.07. The van der Waals surface area contributed by atoms with Crippen molar-refractivity contribution in [3.63, 3.8) is 0 Å². The van der Waals surface area contributed by atoms with Crippen molar-refractivity contribution >= 4 is 47.2 Å². The number of aromatic hydroxyl groups is 1. The molecule has 0 spiro atoms. The molecule has 0 aliphatic rings. The molecule has 372 valence electrons. The highest BCUT2D eigenvalue weighted by atomic mass is 35.5. The maximum Gasteiger partial charge on any atom is 0.407 e. The molecule has 0 heterocycles. The van der Waals surface area contributed by atoms with Gasteiger partial charge in [0.25, 0.3) is 11.8 Å². The number of ether oxygens (including phenoxy) is 5. The van der Waals surface area contributed by atoms with Crippen LogP contribution in [0.15, 0.2) is 48.5 Å². The fraction of sp³-hybridized carbons (Fsp3) is 0.609. The lowest BCUT2D eigenvalue weighted by Gasteiger charge is -2.26. The van der Waals surface area contributed by atoms with E-state index in [-0.39, 0.29) is 63.4 Å². The molecule has 2 aromatic rings. The number of ketones is 2. The van der Waals surface area contributed by atoms with Crippen LogP contribution in [-0.2, 0) is 38.1 Å². The van der Waals surface area contributed by atoms with Gasteiger partial charge in [-0.3, -0.25) is 19.2 Å². The Labute approximate surface area is 389 Å². The molecule has 0 fully saturated rings. The number of halogens is 3. The van der Waals surface area contributed by atoms with Gasteiger partial charge in [-0.05, 0) is 143 Å². The molecular formula is C46H75ClF2N4O12. The molecular weight excluding hydrogens is 874 g/mol. The summed E-state index contributed by atoms with van der Waals surface area (Å²) in [6.07, 6.45) is 0.451. The first-order valence-electron chi connectivity index (χ1n) is 20.2. The Morgan fingerprint density at radius 3 is 1.29 bits per heavy atom. The highest BCUT2D eigenvalue weighted by molar-refractivity contribution is 6.28. The number of alkyl carbamates (subject to hydrolysis) is 2. The molecule has 65 heavy (non-hydrogen) atoms. The lowest BCUT2D eigenvalue weighted by atomic mass is 10.0. The lowest BCUT2D eigenvalue weighted by molar-refractivity contribution is -0.142. The molecule has 0 bridgehead atoms. The number of amides is 4. The Morgan fingerprint density at radius 1 is 0.615 bits per heavy atom. The van der Waals surface area contributed by atoms with Crippen molar-refractivity contribution in [2.45, 2.75) is 144 Å². The van der Waals surface area contributed by atoms with E-state index < -0.39 is 64.3 Å². The largest absolute Gasteiger partial charge is 0.508 e. The summed E-state index contributed by atoms with van der Waals surface area (Å²) in [7, 11) is 2.82. The number of methoxy groups -OCH3 is 2.